The number of thiophene rings is 1. The summed E-state index contributed by atoms with van der Waals surface area (Å²) in [6, 6.07) is 4.16. The molecule has 1 nitrogen and oxygen atoms in total. The van der Waals surface area contributed by atoms with Crippen LogP contribution in [0, 0.1) is 11.8 Å². The van der Waals surface area contributed by atoms with Crippen molar-refractivity contribution >= 4 is 23.1 Å². The van der Waals surface area contributed by atoms with E-state index in [1.807, 2.05) is 0 Å². The van der Waals surface area contributed by atoms with Gasteiger partial charge in [-0.2, -0.15) is 11.8 Å². The topological polar surface area (TPSA) is 9.23 Å². The molecule has 0 aliphatic heterocycles. The van der Waals surface area contributed by atoms with E-state index in [1.54, 1.807) is 11.3 Å². The fraction of sp³-hybridized carbons (Fsp3) is 0.727. The number of hydrogen-bond donors (Lipinski definition) is 0. The molecular formula is C22H36OS2. The molecule has 0 aromatic carbocycles. The van der Waals surface area contributed by atoms with Gasteiger partial charge in [0.1, 0.15) is 0 Å². The highest BCUT2D eigenvalue weighted by Crippen LogP contribution is 2.12. The van der Waals surface area contributed by atoms with E-state index in [4.69, 9.17) is 4.74 Å². The fourth-order valence-corrected chi connectivity index (χ4v) is 4.09. The number of ether oxygens (including phenoxy) is 1. The lowest BCUT2D eigenvalue weighted by atomic mass is 10.1. The first kappa shape index (κ1) is 22.6. The van der Waals surface area contributed by atoms with Crippen LogP contribution in [0.15, 0.2) is 17.5 Å². The predicted octanol–water partition coefficient (Wildman–Crippen LogP) is 7.16. The van der Waals surface area contributed by atoms with Crippen LogP contribution in [0.5, 0.6) is 0 Å². The monoisotopic (exact) mass is 380 g/mol. The molecule has 0 radical (unpaired) electrons. The Morgan fingerprint density at radius 2 is 1.64 bits per heavy atom. The van der Waals surface area contributed by atoms with Crippen molar-refractivity contribution in [3.63, 3.8) is 0 Å². The molecule has 1 aromatic rings. The molecule has 1 aromatic heterocycles. The smallest absolute Gasteiger partial charge is 0.0768 e. The highest BCUT2D eigenvalue weighted by atomic mass is 32.2. The molecule has 1 heterocycles. The minimum absolute atomic E-state index is 0.379. The molecule has 0 spiro atoms. The van der Waals surface area contributed by atoms with Crippen molar-refractivity contribution in [3.05, 3.63) is 22.4 Å². The fourth-order valence-electron chi connectivity index (χ4n) is 2.56. The van der Waals surface area contributed by atoms with E-state index in [0.29, 0.717) is 6.10 Å². The van der Waals surface area contributed by atoms with Crippen molar-refractivity contribution in [2.75, 3.05) is 18.1 Å². The van der Waals surface area contributed by atoms with Crippen LogP contribution in [0.4, 0.5) is 0 Å². The average Bonchev–Trinajstić information content (AvgIpc) is 3.11. The molecule has 0 amide bonds. The third-order valence-electron chi connectivity index (χ3n) is 3.96. The summed E-state index contributed by atoms with van der Waals surface area (Å²) in [7, 11) is 0. The van der Waals surface area contributed by atoms with E-state index in [9.17, 15) is 0 Å². The van der Waals surface area contributed by atoms with Gasteiger partial charge in [-0.15, -0.1) is 11.3 Å². The van der Waals surface area contributed by atoms with Crippen molar-refractivity contribution in [3.8, 4) is 11.8 Å². The SMILES string of the molecule is CC(C)OCCCSCCCCCCCCCCC#Cc1cccs1. The van der Waals surface area contributed by atoms with E-state index >= 15 is 0 Å². The Balaban J connectivity index is 1.72. The largest absolute Gasteiger partial charge is 0.379 e. The number of thioether (sulfide) groups is 1. The third kappa shape index (κ3) is 15.5. The Labute approximate surface area is 164 Å². The van der Waals surface area contributed by atoms with Gasteiger partial charge >= 0.3 is 0 Å². The molecule has 0 unspecified atom stereocenters. The second-order valence-corrected chi connectivity index (χ2v) is 8.92. The normalized spacial score (nSPS) is 10.8. The van der Waals surface area contributed by atoms with Crippen LogP contribution in [0.3, 0.4) is 0 Å². The molecular weight excluding hydrogens is 344 g/mol. The van der Waals surface area contributed by atoms with Crippen LogP contribution in [0.1, 0.15) is 82.9 Å². The highest BCUT2D eigenvalue weighted by molar-refractivity contribution is 7.99. The van der Waals surface area contributed by atoms with Gasteiger partial charge in [-0.1, -0.05) is 56.4 Å². The number of hydrogen-bond acceptors (Lipinski definition) is 3. The Morgan fingerprint density at radius 1 is 0.960 bits per heavy atom. The zero-order valence-electron chi connectivity index (χ0n) is 16.2. The summed E-state index contributed by atoms with van der Waals surface area (Å²) in [6.07, 6.45) is 13.6. The second kappa shape index (κ2) is 17.0. The molecule has 0 fully saturated rings. The minimum Gasteiger partial charge on any atom is -0.379 e. The third-order valence-corrected chi connectivity index (χ3v) is 5.90. The van der Waals surface area contributed by atoms with Crippen molar-refractivity contribution in [2.45, 2.75) is 84.2 Å². The molecule has 0 aliphatic carbocycles. The van der Waals surface area contributed by atoms with E-state index in [-0.39, 0.29) is 0 Å². The van der Waals surface area contributed by atoms with Gasteiger partial charge in [-0.3, -0.25) is 0 Å². The Kier molecular flexibility index (Phi) is 15.4. The van der Waals surface area contributed by atoms with Crippen LogP contribution >= 0.6 is 23.1 Å². The molecule has 0 N–H and O–H groups in total. The molecule has 0 atom stereocenters. The molecule has 3 heteroatoms. The minimum atomic E-state index is 0.379. The molecule has 0 saturated heterocycles. The summed E-state index contributed by atoms with van der Waals surface area (Å²) in [5, 5.41) is 2.09. The number of unbranched alkanes of at least 4 members (excludes halogenated alkanes) is 8. The Morgan fingerprint density at radius 3 is 2.32 bits per heavy atom. The van der Waals surface area contributed by atoms with Gasteiger partial charge < -0.3 is 4.74 Å². The quantitative estimate of drug-likeness (QED) is 0.236. The first-order chi connectivity index (χ1) is 12.3. The maximum absolute atomic E-state index is 5.55. The molecule has 0 aliphatic rings. The summed E-state index contributed by atoms with van der Waals surface area (Å²) >= 11 is 3.82. The maximum atomic E-state index is 5.55. The van der Waals surface area contributed by atoms with Crippen molar-refractivity contribution in [1.82, 2.24) is 0 Å². The lowest BCUT2D eigenvalue weighted by Gasteiger charge is -2.06. The predicted molar refractivity (Wildman–Crippen MR) is 116 cm³/mol. The van der Waals surface area contributed by atoms with Gasteiger partial charge in [0.2, 0.25) is 0 Å². The molecule has 0 saturated carbocycles. The average molecular weight is 381 g/mol. The zero-order valence-corrected chi connectivity index (χ0v) is 17.9. The Hall–Kier alpha value is -0.430. The lowest BCUT2D eigenvalue weighted by Crippen LogP contribution is -2.04. The first-order valence-corrected chi connectivity index (χ1v) is 12.0. The van der Waals surface area contributed by atoms with Crippen LogP contribution in [-0.2, 0) is 4.74 Å². The standard InChI is InChI=1S/C22H36OS2/c1-21(2)23-17-14-19-24-18-12-10-8-6-4-3-5-7-9-11-15-22-16-13-20-25-22/h13,16,20-21H,3-10,12,14,17-19H2,1-2H3. The van der Waals surface area contributed by atoms with Crippen molar-refractivity contribution in [1.29, 1.82) is 0 Å². The van der Waals surface area contributed by atoms with Crippen LogP contribution < -0.4 is 0 Å². The number of rotatable bonds is 15. The summed E-state index contributed by atoms with van der Waals surface area (Å²) in [6.45, 7) is 5.13. The van der Waals surface area contributed by atoms with Gasteiger partial charge in [-0.25, -0.2) is 0 Å². The van der Waals surface area contributed by atoms with Crippen LogP contribution in [-0.4, -0.2) is 24.2 Å². The summed E-state index contributed by atoms with van der Waals surface area (Å²) < 4.78 is 5.55. The van der Waals surface area contributed by atoms with Gasteiger partial charge in [0, 0.05) is 13.0 Å². The first-order valence-electron chi connectivity index (χ1n) is 10.0. The summed E-state index contributed by atoms with van der Waals surface area (Å²) in [5.41, 5.74) is 0. The van der Waals surface area contributed by atoms with Crippen molar-refractivity contribution < 1.29 is 4.74 Å². The van der Waals surface area contributed by atoms with Gasteiger partial charge in [0.15, 0.2) is 0 Å². The lowest BCUT2D eigenvalue weighted by molar-refractivity contribution is 0.0800. The maximum Gasteiger partial charge on any atom is 0.0768 e. The summed E-state index contributed by atoms with van der Waals surface area (Å²) in [4.78, 5) is 1.20. The molecule has 142 valence electrons. The Bertz CT molecular complexity index is 442. The van der Waals surface area contributed by atoms with E-state index in [0.717, 1.165) is 13.0 Å². The second-order valence-electron chi connectivity index (χ2n) is 6.74. The van der Waals surface area contributed by atoms with E-state index < -0.39 is 0 Å². The van der Waals surface area contributed by atoms with Gasteiger partial charge in [0.05, 0.1) is 11.0 Å². The molecule has 1 rings (SSSR count). The molecule has 25 heavy (non-hydrogen) atoms. The van der Waals surface area contributed by atoms with E-state index in [1.165, 1.54) is 74.2 Å². The summed E-state index contributed by atoms with van der Waals surface area (Å²) in [5.74, 6) is 9.10. The van der Waals surface area contributed by atoms with Crippen LogP contribution in [0.2, 0.25) is 0 Å². The van der Waals surface area contributed by atoms with Crippen molar-refractivity contribution in [2.24, 2.45) is 0 Å². The molecule has 0 bridgehead atoms. The highest BCUT2D eigenvalue weighted by Gasteiger charge is 1.95. The zero-order chi connectivity index (χ0) is 18.0. The van der Waals surface area contributed by atoms with E-state index in [2.05, 4.69) is 55.0 Å². The van der Waals surface area contributed by atoms with Crippen LogP contribution in [0.25, 0.3) is 0 Å². The van der Waals surface area contributed by atoms with Gasteiger partial charge in [0.25, 0.3) is 0 Å². The van der Waals surface area contributed by atoms with Gasteiger partial charge in [-0.05, 0) is 56.1 Å².